The minimum Gasteiger partial charge on any atom is -0.464 e. The SMILES string of the molecule is CCC(=O)N1CCCC(C(=O)NC(c2ccc(C)o2)C(C)(C)C)C1. The predicted octanol–water partition coefficient (Wildman–Crippen LogP) is 3.44. The van der Waals surface area contributed by atoms with Crippen molar-refractivity contribution in [2.75, 3.05) is 13.1 Å². The molecule has 5 nitrogen and oxygen atoms in total. The Morgan fingerprint density at radius 3 is 2.62 bits per heavy atom. The van der Waals surface area contributed by atoms with Crippen LogP contribution in [0.1, 0.15) is 64.5 Å². The Hall–Kier alpha value is -1.78. The normalized spacial score (nSPS) is 19.9. The van der Waals surface area contributed by atoms with Crippen molar-refractivity contribution >= 4 is 11.8 Å². The second-order valence-corrected chi connectivity index (χ2v) is 7.79. The fourth-order valence-corrected chi connectivity index (χ4v) is 3.22. The van der Waals surface area contributed by atoms with Crippen LogP contribution in [0.15, 0.2) is 16.5 Å². The molecule has 1 aliphatic rings. The molecule has 2 unspecified atom stereocenters. The summed E-state index contributed by atoms with van der Waals surface area (Å²) in [6, 6.07) is 3.66. The molecule has 2 atom stereocenters. The standard InChI is InChI=1S/C19H30N2O3/c1-6-16(22)21-11-7-8-14(12-21)18(23)20-17(19(3,4)5)15-10-9-13(2)24-15/h9-10,14,17H,6-8,11-12H2,1-5H3,(H,20,23). The number of hydrogen-bond acceptors (Lipinski definition) is 3. The van der Waals surface area contributed by atoms with Crippen LogP contribution in [0.4, 0.5) is 0 Å². The lowest BCUT2D eigenvalue weighted by atomic mass is 9.84. The molecule has 1 aromatic rings. The van der Waals surface area contributed by atoms with E-state index in [9.17, 15) is 9.59 Å². The minimum absolute atomic E-state index is 0.0116. The summed E-state index contributed by atoms with van der Waals surface area (Å²) in [7, 11) is 0. The highest BCUT2D eigenvalue weighted by atomic mass is 16.3. The first-order valence-corrected chi connectivity index (χ1v) is 8.87. The number of rotatable bonds is 4. The molecule has 2 heterocycles. The van der Waals surface area contributed by atoms with Crippen LogP contribution in [0.2, 0.25) is 0 Å². The Morgan fingerprint density at radius 2 is 2.08 bits per heavy atom. The topological polar surface area (TPSA) is 62.6 Å². The molecule has 0 aliphatic carbocycles. The van der Waals surface area contributed by atoms with Crippen LogP contribution in [0.25, 0.3) is 0 Å². The number of amides is 2. The molecular formula is C19H30N2O3. The van der Waals surface area contributed by atoms with E-state index >= 15 is 0 Å². The van der Waals surface area contributed by atoms with Crippen molar-refractivity contribution in [2.45, 2.75) is 59.9 Å². The molecule has 1 saturated heterocycles. The summed E-state index contributed by atoms with van der Waals surface area (Å²) < 4.78 is 5.76. The van der Waals surface area contributed by atoms with Crippen LogP contribution in [-0.4, -0.2) is 29.8 Å². The van der Waals surface area contributed by atoms with Gasteiger partial charge in [0.15, 0.2) is 0 Å². The second kappa shape index (κ2) is 7.41. The smallest absolute Gasteiger partial charge is 0.225 e. The van der Waals surface area contributed by atoms with Gasteiger partial charge in [-0.3, -0.25) is 9.59 Å². The zero-order valence-electron chi connectivity index (χ0n) is 15.5. The molecule has 0 spiro atoms. The van der Waals surface area contributed by atoms with Crippen molar-refractivity contribution in [1.82, 2.24) is 10.2 Å². The highest BCUT2D eigenvalue weighted by Gasteiger charge is 2.34. The molecule has 1 fully saturated rings. The van der Waals surface area contributed by atoms with Gasteiger partial charge in [-0.25, -0.2) is 0 Å². The maximum absolute atomic E-state index is 12.8. The molecule has 2 amide bonds. The van der Waals surface area contributed by atoms with E-state index in [0.717, 1.165) is 30.9 Å². The first-order valence-electron chi connectivity index (χ1n) is 8.87. The van der Waals surface area contributed by atoms with Gasteiger partial charge in [0.2, 0.25) is 11.8 Å². The summed E-state index contributed by atoms with van der Waals surface area (Å²) in [5.41, 5.74) is -0.159. The van der Waals surface area contributed by atoms with Crippen LogP contribution in [0.3, 0.4) is 0 Å². The van der Waals surface area contributed by atoms with Crippen molar-refractivity contribution in [3.8, 4) is 0 Å². The zero-order valence-corrected chi connectivity index (χ0v) is 15.5. The number of aryl methyl sites for hydroxylation is 1. The summed E-state index contributed by atoms with van der Waals surface area (Å²) in [5.74, 6) is 1.62. The van der Waals surface area contributed by atoms with E-state index < -0.39 is 0 Å². The third kappa shape index (κ3) is 4.40. The first kappa shape index (κ1) is 18.6. The van der Waals surface area contributed by atoms with E-state index in [0.29, 0.717) is 13.0 Å². The molecular weight excluding hydrogens is 304 g/mol. The van der Waals surface area contributed by atoms with Crippen molar-refractivity contribution in [3.63, 3.8) is 0 Å². The number of furan rings is 1. The second-order valence-electron chi connectivity index (χ2n) is 7.79. The van der Waals surface area contributed by atoms with Crippen LogP contribution in [0.5, 0.6) is 0 Å². The average Bonchev–Trinajstić information content (AvgIpc) is 2.96. The lowest BCUT2D eigenvalue weighted by Gasteiger charge is -2.35. The summed E-state index contributed by atoms with van der Waals surface area (Å²) in [6.07, 6.45) is 2.20. The Kier molecular flexibility index (Phi) is 5.73. The van der Waals surface area contributed by atoms with Crippen LogP contribution in [0, 0.1) is 18.3 Å². The van der Waals surface area contributed by atoms with Crippen LogP contribution in [-0.2, 0) is 9.59 Å². The Balaban J connectivity index is 2.09. The number of likely N-dealkylation sites (tertiary alicyclic amines) is 1. The third-order valence-electron chi connectivity index (χ3n) is 4.65. The molecule has 5 heteroatoms. The fourth-order valence-electron chi connectivity index (χ4n) is 3.22. The summed E-state index contributed by atoms with van der Waals surface area (Å²) in [5, 5.41) is 3.16. The highest BCUT2D eigenvalue weighted by Crippen LogP contribution is 2.34. The van der Waals surface area contributed by atoms with Gasteiger partial charge >= 0.3 is 0 Å². The van der Waals surface area contributed by atoms with E-state index in [1.54, 1.807) is 0 Å². The number of nitrogens with one attached hydrogen (secondary N) is 1. The summed E-state index contributed by atoms with van der Waals surface area (Å²) >= 11 is 0. The number of piperidine rings is 1. The molecule has 24 heavy (non-hydrogen) atoms. The number of carbonyl (C=O) groups excluding carboxylic acids is 2. The van der Waals surface area contributed by atoms with Gasteiger partial charge in [0, 0.05) is 19.5 Å². The molecule has 1 aromatic heterocycles. The van der Waals surface area contributed by atoms with E-state index in [2.05, 4.69) is 26.1 Å². The van der Waals surface area contributed by atoms with Crippen molar-refractivity contribution in [3.05, 3.63) is 23.7 Å². The maximum atomic E-state index is 12.8. The number of hydrogen-bond donors (Lipinski definition) is 1. The van der Waals surface area contributed by atoms with Gasteiger partial charge < -0.3 is 14.6 Å². The maximum Gasteiger partial charge on any atom is 0.225 e. The average molecular weight is 334 g/mol. The van der Waals surface area contributed by atoms with Gasteiger partial charge in [-0.15, -0.1) is 0 Å². The largest absolute Gasteiger partial charge is 0.464 e. The predicted molar refractivity (Wildman–Crippen MR) is 93.4 cm³/mol. The molecule has 0 aromatic carbocycles. The number of nitrogens with zero attached hydrogens (tertiary/aromatic N) is 1. The molecule has 0 bridgehead atoms. The van der Waals surface area contributed by atoms with Gasteiger partial charge in [-0.05, 0) is 37.3 Å². The number of carbonyl (C=O) groups is 2. The monoisotopic (exact) mass is 334 g/mol. The van der Waals surface area contributed by atoms with Crippen molar-refractivity contribution < 1.29 is 14.0 Å². The summed E-state index contributed by atoms with van der Waals surface area (Å²) in [6.45, 7) is 11.3. The molecule has 1 N–H and O–H groups in total. The van der Waals surface area contributed by atoms with Crippen molar-refractivity contribution in [1.29, 1.82) is 0 Å². The quantitative estimate of drug-likeness (QED) is 0.917. The Morgan fingerprint density at radius 1 is 1.38 bits per heavy atom. The van der Waals surface area contributed by atoms with Gasteiger partial charge in [-0.1, -0.05) is 27.7 Å². The van der Waals surface area contributed by atoms with Crippen molar-refractivity contribution in [2.24, 2.45) is 11.3 Å². The van der Waals surface area contributed by atoms with E-state index in [4.69, 9.17) is 4.42 Å². The third-order valence-corrected chi connectivity index (χ3v) is 4.65. The van der Waals surface area contributed by atoms with E-state index in [-0.39, 0.29) is 29.2 Å². The zero-order chi connectivity index (χ0) is 17.9. The van der Waals surface area contributed by atoms with Crippen LogP contribution < -0.4 is 5.32 Å². The molecule has 0 saturated carbocycles. The minimum atomic E-state index is -0.184. The molecule has 0 radical (unpaired) electrons. The van der Waals surface area contributed by atoms with Gasteiger partial charge in [0.25, 0.3) is 0 Å². The molecule has 134 valence electrons. The highest BCUT2D eigenvalue weighted by molar-refractivity contribution is 5.81. The van der Waals surface area contributed by atoms with Gasteiger partial charge in [-0.2, -0.15) is 0 Å². The fraction of sp³-hybridized carbons (Fsp3) is 0.684. The molecule has 1 aliphatic heterocycles. The Labute approximate surface area is 144 Å². The van der Waals surface area contributed by atoms with E-state index in [1.807, 2.05) is 30.9 Å². The van der Waals surface area contributed by atoms with Gasteiger partial charge in [0.1, 0.15) is 11.5 Å². The lowest BCUT2D eigenvalue weighted by molar-refractivity contribution is -0.136. The first-order chi connectivity index (χ1) is 11.2. The van der Waals surface area contributed by atoms with E-state index in [1.165, 1.54) is 0 Å². The lowest BCUT2D eigenvalue weighted by Crippen LogP contribution is -2.47. The van der Waals surface area contributed by atoms with Crippen LogP contribution >= 0.6 is 0 Å². The van der Waals surface area contributed by atoms with Gasteiger partial charge in [0.05, 0.1) is 12.0 Å². The molecule has 2 rings (SSSR count). The Bertz CT molecular complexity index is 586. The summed E-state index contributed by atoms with van der Waals surface area (Å²) in [4.78, 5) is 26.5.